The molecule has 0 amide bonds. The summed E-state index contributed by atoms with van der Waals surface area (Å²) in [6, 6.07) is 0. The van der Waals surface area contributed by atoms with Crippen molar-refractivity contribution in [1.29, 1.82) is 0 Å². The minimum atomic E-state index is 0.783. The molecular weight excluding hydrogens is 174 g/mol. The van der Waals surface area contributed by atoms with Crippen LogP contribution in [0.5, 0.6) is 0 Å². The summed E-state index contributed by atoms with van der Waals surface area (Å²) < 4.78 is 2.00. The number of aromatic nitrogens is 2. The molecule has 0 bridgehead atoms. The molecule has 14 heavy (non-hydrogen) atoms. The maximum Gasteiger partial charge on any atom is 0.0719 e. The van der Waals surface area contributed by atoms with Gasteiger partial charge in [0.25, 0.3) is 0 Å². The van der Waals surface area contributed by atoms with E-state index in [4.69, 9.17) is 5.73 Å². The van der Waals surface area contributed by atoms with Crippen molar-refractivity contribution in [3.63, 3.8) is 0 Å². The second-order valence-corrected chi connectivity index (χ2v) is 4.93. The van der Waals surface area contributed by atoms with Gasteiger partial charge in [0.15, 0.2) is 0 Å². The average molecular weight is 191 g/mol. The summed E-state index contributed by atoms with van der Waals surface area (Å²) in [5, 5.41) is 4.24. The molecule has 2 N–H and O–H groups in total. The molecule has 0 aromatic carbocycles. The smallest absolute Gasteiger partial charge is 0.0719 e. The van der Waals surface area contributed by atoms with Crippen LogP contribution in [0.2, 0.25) is 0 Å². The van der Waals surface area contributed by atoms with Gasteiger partial charge in [0.1, 0.15) is 0 Å². The van der Waals surface area contributed by atoms with E-state index in [2.05, 4.69) is 5.10 Å². The SMILES string of the molecule is Nc1cnn(CC2CCC3CC3C2)c1. The molecule has 1 heterocycles. The van der Waals surface area contributed by atoms with Gasteiger partial charge in [-0.25, -0.2) is 0 Å². The third-order valence-corrected chi connectivity index (χ3v) is 3.75. The highest BCUT2D eigenvalue weighted by Crippen LogP contribution is 2.51. The van der Waals surface area contributed by atoms with E-state index in [9.17, 15) is 0 Å². The minimum Gasteiger partial charge on any atom is -0.396 e. The molecule has 2 aliphatic carbocycles. The van der Waals surface area contributed by atoms with Gasteiger partial charge in [-0.2, -0.15) is 5.10 Å². The van der Waals surface area contributed by atoms with Crippen LogP contribution in [-0.4, -0.2) is 9.78 Å². The molecule has 0 saturated heterocycles. The molecular formula is C11H17N3. The fourth-order valence-corrected chi connectivity index (χ4v) is 2.86. The van der Waals surface area contributed by atoms with E-state index in [1.54, 1.807) is 6.20 Å². The number of anilines is 1. The van der Waals surface area contributed by atoms with Crippen molar-refractivity contribution < 1.29 is 0 Å². The lowest BCUT2D eigenvalue weighted by atomic mass is 9.89. The second kappa shape index (κ2) is 3.01. The Morgan fingerprint density at radius 3 is 3.00 bits per heavy atom. The molecule has 2 fully saturated rings. The van der Waals surface area contributed by atoms with Crippen molar-refractivity contribution in [2.24, 2.45) is 17.8 Å². The van der Waals surface area contributed by atoms with Crippen LogP contribution in [0.1, 0.15) is 25.7 Å². The zero-order chi connectivity index (χ0) is 9.54. The van der Waals surface area contributed by atoms with E-state index in [0.29, 0.717) is 0 Å². The number of nitrogens with zero attached hydrogens (tertiary/aromatic N) is 2. The normalized spacial score (nSPS) is 35.3. The first kappa shape index (κ1) is 8.33. The van der Waals surface area contributed by atoms with Gasteiger partial charge >= 0.3 is 0 Å². The summed E-state index contributed by atoms with van der Waals surface area (Å²) in [5.74, 6) is 2.99. The van der Waals surface area contributed by atoms with Gasteiger partial charge in [-0.15, -0.1) is 0 Å². The van der Waals surface area contributed by atoms with Crippen molar-refractivity contribution in [2.45, 2.75) is 32.2 Å². The molecule has 2 saturated carbocycles. The summed E-state index contributed by atoms with van der Waals surface area (Å²) in [6.45, 7) is 1.07. The van der Waals surface area contributed by atoms with Crippen LogP contribution < -0.4 is 5.73 Å². The molecule has 76 valence electrons. The molecule has 3 atom stereocenters. The van der Waals surface area contributed by atoms with Gasteiger partial charge in [0.05, 0.1) is 11.9 Å². The molecule has 1 aromatic rings. The molecule has 0 spiro atoms. The summed E-state index contributed by atoms with van der Waals surface area (Å²) >= 11 is 0. The predicted molar refractivity (Wildman–Crippen MR) is 55.6 cm³/mol. The third-order valence-electron chi connectivity index (χ3n) is 3.75. The van der Waals surface area contributed by atoms with Gasteiger partial charge in [-0.3, -0.25) is 4.68 Å². The average Bonchev–Trinajstić information content (AvgIpc) is 2.82. The number of hydrogen-bond donors (Lipinski definition) is 1. The highest BCUT2D eigenvalue weighted by atomic mass is 15.3. The van der Waals surface area contributed by atoms with Crippen LogP contribution in [0.15, 0.2) is 12.4 Å². The Balaban J connectivity index is 1.61. The lowest BCUT2D eigenvalue weighted by Gasteiger charge is -2.20. The van der Waals surface area contributed by atoms with Crippen LogP contribution in [0.25, 0.3) is 0 Å². The third kappa shape index (κ3) is 1.51. The first-order chi connectivity index (χ1) is 6.81. The van der Waals surface area contributed by atoms with Crippen molar-refractivity contribution in [2.75, 3.05) is 5.73 Å². The van der Waals surface area contributed by atoms with Crippen LogP contribution in [-0.2, 0) is 6.54 Å². The molecule has 3 heteroatoms. The maximum atomic E-state index is 5.64. The van der Waals surface area contributed by atoms with Crippen molar-refractivity contribution in [3.8, 4) is 0 Å². The van der Waals surface area contributed by atoms with Crippen molar-refractivity contribution >= 4 is 5.69 Å². The van der Waals surface area contributed by atoms with Crippen LogP contribution in [0, 0.1) is 17.8 Å². The maximum absolute atomic E-state index is 5.64. The summed E-state index contributed by atoms with van der Waals surface area (Å²) in [5.41, 5.74) is 6.42. The van der Waals surface area contributed by atoms with Crippen LogP contribution in [0.4, 0.5) is 5.69 Å². The molecule has 3 rings (SSSR count). The Morgan fingerprint density at radius 1 is 1.36 bits per heavy atom. The summed E-state index contributed by atoms with van der Waals surface area (Å²) in [7, 11) is 0. The monoisotopic (exact) mass is 191 g/mol. The Labute approximate surface area is 84.3 Å². The molecule has 1 aromatic heterocycles. The number of nitrogen functional groups attached to an aromatic ring is 1. The van der Waals surface area contributed by atoms with E-state index in [0.717, 1.165) is 30.0 Å². The number of hydrogen-bond acceptors (Lipinski definition) is 2. The molecule has 0 radical (unpaired) electrons. The number of rotatable bonds is 2. The fraction of sp³-hybridized carbons (Fsp3) is 0.727. The van der Waals surface area contributed by atoms with Crippen LogP contribution >= 0.6 is 0 Å². The van der Waals surface area contributed by atoms with E-state index in [-0.39, 0.29) is 0 Å². The minimum absolute atomic E-state index is 0.783. The van der Waals surface area contributed by atoms with Crippen molar-refractivity contribution in [1.82, 2.24) is 9.78 Å². The lowest BCUT2D eigenvalue weighted by Crippen LogP contribution is -2.15. The fourth-order valence-electron chi connectivity index (χ4n) is 2.86. The zero-order valence-corrected chi connectivity index (χ0v) is 8.39. The lowest BCUT2D eigenvalue weighted by molar-refractivity contribution is 0.297. The Bertz CT molecular complexity index is 331. The molecule has 0 aliphatic heterocycles. The largest absolute Gasteiger partial charge is 0.396 e. The van der Waals surface area contributed by atoms with Gasteiger partial charge in [0.2, 0.25) is 0 Å². The number of nitrogens with two attached hydrogens (primary N) is 1. The van der Waals surface area contributed by atoms with E-state index < -0.39 is 0 Å². The quantitative estimate of drug-likeness (QED) is 0.776. The summed E-state index contributed by atoms with van der Waals surface area (Å²) in [6.07, 6.45) is 9.44. The predicted octanol–water partition coefficient (Wildman–Crippen LogP) is 1.90. The van der Waals surface area contributed by atoms with Gasteiger partial charge in [-0.05, 0) is 43.4 Å². The zero-order valence-electron chi connectivity index (χ0n) is 8.39. The molecule has 2 aliphatic rings. The number of fused-ring (bicyclic) bond motifs is 1. The van der Waals surface area contributed by atoms with Crippen molar-refractivity contribution in [3.05, 3.63) is 12.4 Å². The molecule has 3 nitrogen and oxygen atoms in total. The van der Waals surface area contributed by atoms with Gasteiger partial charge in [0, 0.05) is 12.7 Å². The highest BCUT2D eigenvalue weighted by molar-refractivity contribution is 5.30. The Hall–Kier alpha value is -0.990. The highest BCUT2D eigenvalue weighted by Gasteiger charge is 2.41. The van der Waals surface area contributed by atoms with Gasteiger partial charge < -0.3 is 5.73 Å². The van der Waals surface area contributed by atoms with E-state index >= 15 is 0 Å². The first-order valence-corrected chi connectivity index (χ1v) is 5.59. The van der Waals surface area contributed by atoms with Crippen LogP contribution in [0.3, 0.4) is 0 Å². The van der Waals surface area contributed by atoms with E-state index in [1.807, 2.05) is 10.9 Å². The van der Waals surface area contributed by atoms with E-state index in [1.165, 1.54) is 25.7 Å². The topological polar surface area (TPSA) is 43.8 Å². The molecule has 3 unspecified atom stereocenters. The Morgan fingerprint density at radius 2 is 2.29 bits per heavy atom. The second-order valence-electron chi connectivity index (χ2n) is 4.93. The Kier molecular flexibility index (Phi) is 1.79. The summed E-state index contributed by atoms with van der Waals surface area (Å²) in [4.78, 5) is 0. The first-order valence-electron chi connectivity index (χ1n) is 5.59. The standard InChI is InChI=1S/C11H17N3/c12-11-5-13-14(7-11)6-8-1-2-9-4-10(9)3-8/h5,7-10H,1-4,6,12H2. The van der Waals surface area contributed by atoms with Gasteiger partial charge in [-0.1, -0.05) is 0 Å².